The van der Waals surface area contributed by atoms with Gasteiger partial charge in [0, 0.05) is 41.2 Å². The van der Waals surface area contributed by atoms with E-state index in [1.54, 1.807) is 36.1 Å². The van der Waals surface area contributed by atoms with Crippen LogP contribution in [-0.2, 0) is 4.79 Å². The second-order valence-corrected chi connectivity index (χ2v) is 9.70. The number of nitrogens with one attached hydrogen (secondary N) is 3. The summed E-state index contributed by atoms with van der Waals surface area (Å²) in [5.41, 5.74) is 7.35. The van der Waals surface area contributed by atoms with Gasteiger partial charge < -0.3 is 10.3 Å². The molecule has 3 N–H and O–H groups in total. The Morgan fingerprint density at radius 1 is 1.03 bits per heavy atom. The van der Waals surface area contributed by atoms with Gasteiger partial charge in [-0.3, -0.25) is 14.9 Å². The van der Waals surface area contributed by atoms with Crippen molar-refractivity contribution in [3.8, 4) is 33.8 Å². The molecule has 9 nitrogen and oxygen atoms in total. The zero-order chi connectivity index (χ0) is 24.1. The maximum atomic E-state index is 12.4. The minimum atomic E-state index is 0.0613. The number of hydrogen-bond acceptors (Lipinski definition) is 7. The van der Waals surface area contributed by atoms with Crippen LogP contribution in [0.4, 0.5) is 5.69 Å². The first kappa shape index (κ1) is 20.9. The van der Waals surface area contributed by atoms with E-state index in [-0.39, 0.29) is 11.8 Å². The maximum absolute atomic E-state index is 12.4. The number of rotatable bonds is 5. The van der Waals surface area contributed by atoms with Gasteiger partial charge in [0.25, 0.3) is 0 Å². The van der Waals surface area contributed by atoms with Crippen LogP contribution < -0.4 is 5.32 Å². The van der Waals surface area contributed by atoms with Gasteiger partial charge in [-0.25, -0.2) is 15.0 Å². The van der Waals surface area contributed by atoms with Crippen LogP contribution in [0.1, 0.15) is 19.3 Å². The van der Waals surface area contributed by atoms with Crippen molar-refractivity contribution in [2.45, 2.75) is 19.3 Å². The normalized spacial score (nSPS) is 13.8. The van der Waals surface area contributed by atoms with Crippen molar-refractivity contribution >= 4 is 45.1 Å². The molecule has 0 aliphatic heterocycles. The lowest BCUT2D eigenvalue weighted by molar-refractivity contribution is -0.122. The van der Waals surface area contributed by atoms with Gasteiger partial charge in [0.05, 0.1) is 17.3 Å². The topological polar surface area (TPSA) is 125 Å². The second kappa shape index (κ2) is 8.35. The van der Waals surface area contributed by atoms with E-state index in [0.29, 0.717) is 28.5 Å². The van der Waals surface area contributed by atoms with Crippen LogP contribution in [0.3, 0.4) is 0 Å². The summed E-state index contributed by atoms with van der Waals surface area (Å²) in [6.07, 6.45) is 10.0. The number of imidazole rings is 1. The molecule has 1 aliphatic carbocycles. The Balaban J connectivity index is 1.26. The largest absolute Gasteiger partial charge is 0.324 e. The van der Waals surface area contributed by atoms with Crippen LogP contribution in [-0.4, -0.2) is 41.0 Å². The van der Waals surface area contributed by atoms with E-state index < -0.39 is 0 Å². The van der Waals surface area contributed by atoms with Crippen molar-refractivity contribution in [1.29, 1.82) is 0 Å². The van der Waals surface area contributed by atoms with Crippen molar-refractivity contribution in [3.05, 3.63) is 59.8 Å². The standard InChI is InChI=1S/C26H20N8OS/c35-26(14-2-1-3-14)30-18-8-16(10-27-12-18)17-9-20-22(33-34-23(20)29-11-17)25-31-21-19(15-5-7-36-13-15)4-6-28-24(21)32-25/h4-14H,1-3H2,(H,30,35)(H,28,31,32)(H,29,33,34). The Kier molecular flexibility index (Phi) is 4.84. The van der Waals surface area contributed by atoms with Gasteiger partial charge >= 0.3 is 0 Å². The summed E-state index contributed by atoms with van der Waals surface area (Å²) in [5.74, 6) is 0.787. The van der Waals surface area contributed by atoms with Crippen molar-refractivity contribution < 1.29 is 4.79 Å². The molecular weight excluding hydrogens is 472 g/mol. The van der Waals surface area contributed by atoms with Gasteiger partial charge in [-0.2, -0.15) is 16.4 Å². The Morgan fingerprint density at radius 3 is 2.78 bits per heavy atom. The van der Waals surface area contributed by atoms with E-state index in [2.05, 4.69) is 46.9 Å². The average Bonchev–Trinajstić information content (AvgIpc) is 3.61. The number of hydrogen-bond donors (Lipinski definition) is 3. The van der Waals surface area contributed by atoms with E-state index in [1.165, 1.54) is 0 Å². The first-order valence-electron chi connectivity index (χ1n) is 11.7. The quantitative estimate of drug-likeness (QED) is 0.295. The number of anilines is 1. The molecule has 0 saturated heterocycles. The lowest BCUT2D eigenvalue weighted by Gasteiger charge is -2.24. The number of aromatic amines is 2. The van der Waals surface area contributed by atoms with Gasteiger partial charge in [0.2, 0.25) is 5.91 Å². The highest BCUT2D eigenvalue weighted by atomic mass is 32.1. The van der Waals surface area contributed by atoms with Crippen LogP contribution in [0.15, 0.2) is 59.8 Å². The predicted octanol–water partition coefficient (Wildman–Crippen LogP) is 5.43. The molecule has 10 heteroatoms. The number of carbonyl (C=O) groups excluding carboxylic acids is 1. The van der Waals surface area contributed by atoms with Crippen LogP contribution in [0.25, 0.3) is 56.0 Å². The SMILES string of the molecule is O=C(Nc1cncc(-c2cnc3[nH]nc(-c4nc5c(-c6ccsc6)ccnc5[nH]4)c3c2)c1)C1CCC1. The smallest absolute Gasteiger partial charge is 0.227 e. The number of thiophene rings is 1. The van der Waals surface area contributed by atoms with E-state index in [1.807, 2.05) is 23.6 Å². The molecule has 0 radical (unpaired) electrons. The van der Waals surface area contributed by atoms with Crippen molar-refractivity contribution in [3.63, 3.8) is 0 Å². The molecule has 0 atom stereocenters. The molecule has 0 spiro atoms. The van der Waals surface area contributed by atoms with Gasteiger partial charge in [0.1, 0.15) is 11.2 Å². The summed E-state index contributed by atoms with van der Waals surface area (Å²) in [6, 6.07) is 7.98. The third-order valence-electron chi connectivity index (χ3n) is 6.67. The highest BCUT2D eigenvalue weighted by Crippen LogP contribution is 2.33. The Morgan fingerprint density at radius 2 is 1.94 bits per heavy atom. The average molecular weight is 493 g/mol. The number of carbonyl (C=O) groups is 1. The molecule has 1 fully saturated rings. The third-order valence-corrected chi connectivity index (χ3v) is 7.36. The molecule has 1 amide bonds. The van der Waals surface area contributed by atoms with Crippen LogP contribution in [0.2, 0.25) is 0 Å². The highest BCUT2D eigenvalue weighted by molar-refractivity contribution is 7.08. The fourth-order valence-electron chi connectivity index (χ4n) is 4.50. The van der Waals surface area contributed by atoms with Gasteiger partial charge in [-0.05, 0) is 53.4 Å². The van der Waals surface area contributed by atoms with Crippen LogP contribution in [0.5, 0.6) is 0 Å². The second-order valence-electron chi connectivity index (χ2n) is 8.92. The first-order chi connectivity index (χ1) is 17.7. The lowest BCUT2D eigenvalue weighted by Crippen LogP contribution is -2.28. The van der Waals surface area contributed by atoms with Crippen molar-refractivity contribution in [2.24, 2.45) is 5.92 Å². The molecule has 1 aliphatic rings. The number of amides is 1. The third kappa shape index (κ3) is 3.54. The molecule has 176 valence electrons. The Hall–Kier alpha value is -4.44. The molecule has 0 bridgehead atoms. The minimum absolute atomic E-state index is 0.0613. The Labute approximate surface area is 209 Å². The number of aromatic nitrogens is 7. The molecule has 0 unspecified atom stereocenters. The van der Waals surface area contributed by atoms with E-state index in [9.17, 15) is 4.79 Å². The van der Waals surface area contributed by atoms with Crippen LogP contribution >= 0.6 is 11.3 Å². The van der Waals surface area contributed by atoms with Gasteiger partial charge in [-0.15, -0.1) is 0 Å². The van der Waals surface area contributed by atoms with Crippen molar-refractivity contribution in [2.75, 3.05) is 5.32 Å². The predicted molar refractivity (Wildman–Crippen MR) is 139 cm³/mol. The zero-order valence-corrected chi connectivity index (χ0v) is 19.8. The zero-order valence-electron chi connectivity index (χ0n) is 19.0. The molecule has 6 heterocycles. The summed E-state index contributed by atoms with van der Waals surface area (Å²) in [6.45, 7) is 0. The molecule has 1 saturated carbocycles. The maximum Gasteiger partial charge on any atom is 0.227 e. The summed E-state index contributed by atoms with van der Waals surface area (Å²) < 4.78 is 0. The summed E-state index contributed by atoms with van der Waals surface area (Å²) >= 11 is 1.65. The van der Waals surface area contributed by atoms with E-state index in [0.717, 1.165) is 52.4 Å². The number of fused-ring (bicyclic) bond motifs is 2. The first-order valence-corrected chi connectivity index (χ1v) is 12.7. The monoisotopic (exact) mass is 492 g/mol. The molecule has 0 aromatic carbocycles. The summed E-state index contributed by atoms with van der Waals surface area (Å²) in [5, 5.41) is 15.5. The lowest BCUT2D eigenvalue weighted by atomic mass is 9.85. The molecule has 6 aromatic rings. The van der Waals surface area contributed by atoms with E-state index >= 15 is 0 Å². The fourth-order valence-corrected chi connectivity index (χ4v) is 5.15. The fraction of sp³-hybridized carbons (Fsp3) is 0.154. The van der Waals surface area contributed by atoms with E-state index in [4.69, 9.17) is 4.98 Å². The number of nitrogens with zero attached hydrogens (tertiary/aromatic N) is 5. The Bertz CT molecular complexity index is 1730. The van der Waals surface area contributed by atoms with Gasteiger partial charge in [0.15, 0.2) is 17.1 Å². The highest BCUT2D eigenvalue weighted by Gasteiger charge is 2.25. The van der Waals surface area contributed by atoms with Crippen LogP contribution in [0, 0.1) is 5.92 Å². The summed E-state index contributed by atoms with van der Waals surface area (Å²) in [4.78, 5) is 33.9. The minimum Gasteiger partial charge on any atom is -0.324 e. The summed E-state index contributed by atoms with van der Waals surface area (Å²) in [7, 11) is 0. The molecule has 36 heavy (non-hydrogen) atoms. The molecule has 6 aromatic heterocycles. The van der Waals surface area contributed by atoms with Crippen molar-refractivity contribution in [1.82, 2.24) is 35.1 Å². The number of H-pyrrole nitrogens is 2. The number of pyridine rings is 3. The molecule has 7 rings (SSSR count). The van der Waals surface area contributed by atoms with Gasteiger partial charge in [-0.1, -0.05) is 6.42 Å². The molecular formula is C26H20N8OS.